The van der Waals surface area contributed by atoms with Gasteiger partial charge in [-0.25, -0.2) is 0 Å². The molecule has 0 unspecified atom stereocenters. The summed E-state index contributed by atoms with van der Waals surface area (Å²) in [4.78, 5) is 0. The molecule has 2 saturated heterocycles. The predicted octanol–water partition coefficient (Wildman–Crippen LogP) is -1.42. The van der Waals surface area contributed by atoms with Gasteiger partial charge in [0.1, 0.15) is 0 Å². The van der Waals surface area contributed by atoms with Crippen molar-refractivity contribution in [2.75, 3.05) is 39.4 Å². The van der Waals surface area contributed by atoms with E-state index in [1.54, 1.807) is 0 Å². The molecule has 0 atom stereocenters. The molecule has 0 saturated carbocycles. The molecular weight excluding hydrogens is 142 g/mol. The van der Waals surface area contributed by atoms with E-state index in [9.17, 15) is 0 Å². The van der Waals surface area contributed by atoms with Crippen molar-refractivity contribution in [3.63, 3.8) is 0 Å². The molecule has 0 aromatic rings. The quantitative estimate of drug-likeness (QED) is 0.422. The Balaban J connectivity index is 2.03. The summed E-state index contributed by atoms with van der Waals surface area (Å²) in [6, 6.07) is 0. The largest absolute Gasteiger partial charge is 0.375 e. The molecule has 2 heterocycles. The number of hydrogen-bond donors (Lipinski definition) is 2. The normalized spacial score (nSPS) is 24.7. The van der Waals surface area contributed by atoms with E-state index >= 15 is 0 Å². The van der Waals surface area contributed by atoms with Gasteiger partial charge in [0.25, 0.3) is 0 Å². The monoisotopic (exact) mass is 156 g/mol. The molecule has 4 heteroatoms. The highest BCUT2D eigenvalue weighted by atomic mass is 16.5. The first-order valence-electron chi connectivity index (χ1n) is 4.14. The van der Waals surface area contributed by atoms with Crippen LogP contribution in [0.3, 0.4) is 0 Å². The first-order chi connectivity index (χ1) is 5.47. The summed E-state index contributed by atoms with van der Waals surface area (Å²) in [5.74, 6) is 1.19. The Hall–Kier alpha value is -0.770. The zero-order valence-electron chi connectivity index (χ0n) is 6.60. The molecule has 0 aromatic heterocycles. The standard InChI is InChI=1S/C7H13N3O/c1-2-9-7(8-1)10-3-5-11-6-4-10/h1-6H2,(H,8,9)/p+1. The van der Waals surface area contributed by atoms with Gasteiger partial charge in [-0.1, -0.05) is 0 Å². The van der Waals surface area contributed by atoms with Gasteiger partial charge in [-0.3, -0.25) is 15.2 Å². The third-order valence-electron chi connectivity index (χ3n) is 2.04. The van der Waals surface area contributed by atoms with Crippen LogP contribution in [0, 0.1) is 0 Å². The molecule has 2 aliphatic heterocycles. The Morgan fingerprint density at radius 2 is 1.73 bits per heavy atom. The Morgan fingerprint density at radius 1 is 1.09 bits per heavy atom. The summed E-state index contributed by atoms with van der Waals surface area (Å²) in [6.45, 7) is 5.82. The number of rotatable bonds is 0. The van der Waals surface area contributed by atoms with Crippen molar-refractivity contribution in [2.45, 2.75) is 0 Å². The molecule has 0 aliphatic carbocycles. The fraction of sp³-hybridized carbons (Fsp3) is 0.857. The number of ether oxygens (including phenoxy) is 1. The summed E-state index contributed by atoms with van der Waals surface area (Å²) in [5.41, 5.74) is 0. The van der Waals surface area contributed by atoms with Crippen LogP contribution >= 0.6 is 0 Å². The molecule has 4 nitrogen and oxygen atoms in total. The zero-order chi connectivity index (χ0) is 7.52. The minimum absolute atomic E-state index is 0.854. The third-order valence-corrected chi connectivity index (χ3v) is 2.04. The molecule has 0 radical (unpaired) electrons. The molecule has 0 bridgehead atoms. The average molecular weight is 156 g/mol. The van der Waals surface area contributed by atoms with Crippen LogP contribution in [0.25, 0.3) is 0 Å². The van der Waals surface area contributed by atoms with Crippen molar-refractivity contribution in [2.24, 2.45) is 0 Å². The van der Waals surface area contributed by atoms with Crippen molar-refractivity contribution < 1.29 is 9.31 Å². The lowest BCUT2D eigenvalue weighted by molar-refractivity contribution is -0.552. The lowest BCUT2D eigenvalue weighted by atomic mass is 10.5. The second kappa shape index (κ2) is 3.09. The van der Waals surface area contributed by atoms with Crippen LogP contribution in [0.15, 0.2) is 0 Å². The Bertz CT molecular complexity index is 163. The molecule has 0 spiro atoms. The summed E-state index contributed by atoms with van der Waals surface area (Å²) < 4.78 is 7.55. The summed E-state index contributed by atoms with van der Waals surface area (Å²) in [6.07, 6.45) is 0. The highest BCUT2D eigenvalue weighted by Crippen LogP contribution is 1.90. The molecule has 2 aliphatic rings. The van der Waals surface area contributed by atoms with Crippen molar-refractivity contribution in [1.82, 2.24) is 10.6 Å². The SMILES string of the molecule is C1CNC(=[N+]2CCOCC2)N1. The van der Waals surface area contributed by atoms with Crippen LogP contribution in [0.2, 0.25) is 0 Å². The van der Waals surface area contributed by atoms with Crippen molar-refractivity contribution >= 4 is 5.96 Å². The predicted molar refractivity (Wildman–Crippen MR) is 41.8 cm³/mol. The van der Waals surface area contributed by atoms with Crippen LogP contribution in [0.5, 0.6) is 0 Å². The molecule has 2 rings (SSSR count). The number of guanidine groups is 1. The van der Waals surface area contributed by atoms with Gasteiger partial charge in [-0.05, 0) is 0 Å². The van der Waals surface area contributed by atoms with Gasteiger partial charge in [0.2, 0.25) is 0 Å². The van der Waals surface area contributed by atoms with Gasteiger partial charge in [-0.15, -0.1) is 0 Å². The summed E-state index contributed by atoms with van der Waals surface area (Å²) in [7, 11) is 0. The lowest BCUT2D eigenvalue weighted by Crippen LogP contribution is -2.41. The Kier molecular flexibility index (Phi) is 1.94. The van der Waals surface area contributed by atoms with Crippen LogP contribution in [0.1, 0.15) is 0 Å². The van der Waals surface area contributed by atoms with Crippen LogP contribution in [-0.4, -0.2) is 49.9 Å². The maximum absolute atomic E-state index is 5.25. The first kappa shape index (κ1) is 6.91. The van der Waals surface area contributed by atoms with Gasteiger partial charge in [-0.2, -0.15) is 0 Å². The van der Waals surface area contributed by atoms with Gasteiger partial charge >= 0.3 is 5.96 Å². The maximum Gasteiger partial charge on any atom is 0.346 e. The van der Waals surface area contributed by atoms with Gasteiger partial charge in [0, 0.05) is 0 Å². The number of nitrogens with zero attached hydrogens (tertiary/aromatic N) is 1. The number of hydrogen-bond acceptors (Lipinski definition) is 1. The fourth-order valence-corrected chi connectivity index (χ4v) is 1.43. The molecule has 0 aromatic carbocycles. The van der Waals surface area contributed by atoms with Crippen LogP contribution < -0.4 is 10.6 Å². The molecule has 2 N–H and O–H groups in total. The van der Waals surface area contributed by atoms with E-state index in [1.807, 2.05) is 0 Å². The van der Waals surface area contributed by atoms with Gasteiger partial charge in [0.05, 0.1) is 39.4 Å². The van der Waals surface area contributed by atoms with Crippen LogP contribution in [-0.2, 0) is 4.74 Å². The zero-order valence-corrected chi connectivity index (χ0v) is 6.60. The van der Waals surface area contributed by atoms with Gasteiger partial charge < -0.3 is 4.74 Å². The smallest absolute Gasteiger partial charge is 0.346 e. The number of nitrogens with one attached hydrogen (secondary N) is 2. The van der Waals surface area contributed by atoms with Crippen molar-refractivity contribution in [1.29, 1.82) is 0 Å². The molecule has 11 heavy (non-hydrogen) atoms. The van der Waals surface area contributed by atoms with E-state index in [-0.39, 0.29) is 0 Å². The van der Waals surface area contributed by atoms with Crippen molar-refractivity contribution in [3.8, 4) is 0 Å². The molecule has 0 amide bonds. The highest BCUT2D eigenvalue weighted by Gasteiger charge is 2.19. The maximum atomic E-state index is 5.25. The summed E-state index contributed by atoms with van der Waals surface area (Å²) >= 11 is 0. The topological polar surface area (TPSA) is 36.3 Å². The first-order valence-corrected chi connectivity index (χ1v) is 4.14. The fourth-order valence-electron chi connectivity index (χ4n) is 1.43. The van der Waals surface area contributed by atoms with E-state index < -0.39 is 0 Å². The van der Waals surface area contributed by atoms with Gasteiger partial charge in [0.15, 0.2) is 0 Å². The van der Waals surface area contributed by atoms with Crippen LogP contribution in [0.4, 0.5) is 0 Å². The number of morpholine rings is 1. The molecule has 62 valence electrons. The summed E-state index contributed by atoms with van der Waals surface area (Å²) in [5, 5.41) is 6.60. The molecule has 2 fully saturated rings. The van der Waals surface area contributed by atoms with Crippen molar-refractivity contribution in [3.05, 3.63) is 0 Å². The molecular formula is C7H14N3O+. The van der Waals surface area contributed by atoms with E-state index in [2.05, 4.69) is 15.2 Å². The highest BCUT2D eigenvalue weighted by molar-refractivity contribution is 5.76. The second-order valence-electron chi connectivity index (χ2n) is 2.80. The van der Waals surface area contributed by atoms with E-state index in [1.165, 1.54) is 5.96 Å². The van der Waals surface area contributed by atoms with E-state index in [4.69, 9.17) is 4.74 Å². The lowest BCUT2D eigenvalue weighted by Gasteiger charge is -2.15. The minimum atomic E-state index is 0.854. The minimum Gasteiger partial charge on any atom is -0.375 e. The van der Waals surface area contributed by atoms with E-state index in [0.29, 0.717) is 0 Å². The van der Waals surface area contributed by atoms with E-state index in [0.717, 1.165) is 39.4 Å². The Morgan fingerprint density at radius 3 is 2.36 bits per heavy atom. The second-order valence-corrected chi connectivity index (χ2v) is 2.80. The average Bonchev–Trinajstić information content (AvgIpc) is 2.58. The Labute approximate surface area is 66.2 Å². The third kappa shape index (κ3) is 1.45.